The van der Waals surface area contributed by atoms with Crippen LogP contribution in [0.4, 0.5) is 5.69 Å². The molecule has 1 heterocycles. The number of alkyl halides is 2. The third kappa shape index (κ3) is 3.11. The van der Waals surface area contributed by atoms with Gasteiger partial charge in [0, 0.05) is 23.1 Å². The Labute approximate surface area is 230 Å². The van der Waals surface area contributed by atoms with Crippen molar-refractivity contribution in [2.24, 2.45) is 11.8 Å². The second kappa shape index (κ2) is 8.32. The fourth-order valence-corrected chi connectivity index (χ4v) is 7.48. The fourth-order valence-electron chi connectivity index (χ4n) is 5.96. The molecule has 9 heteroatoms. The highest BCUT2D eigenvalue weighted by molar-refractivity contribution is 9.10. The van der Waals surface area contributed by atoms with Crippen LogP contribution in [0.2, 0.25) is 5.02 Å². The summed E-state index contributed by atoms with van der Waals surface area (Å²) in [5.41, 5.74) is 3.50. The largest absolute Gasteiger partial charge is 0.326 e. The quantitative estimate of drug-likeness (QED) is 0.293. The molecular formula is C27H18BrCl3N2O3. The molecule has 1 saturated heterocycles. The molecule has 0 unspecified atom stereocenters. The van der Waals surface area contributed by atoms with Gasteiger partial charge in [0.25, 0.3) is 0 Å². The summed E-state index contributed by atoms with van der Waals surface area (Å²) < 4.78 is 0.708. The van der Waals surface area contributed by atoms with Gasteiger partial charge in [0.1, 0.15) is 9.75 Å². The van der Waals surface area contributed by atoms with E-state index in [1.165, 1.54) is 0 Å². The minimum atomic E-state index is -1.23. The number of imide groups is 1. The number of hydrogen-bond acceptors (Lipinski definition) is 3. The SMILES string of the molecule is O=C(CCN1C(=O)[C@@H]2[C@@H](C1=O)C1(Cl)c3ccccc3C2(Cl)c2ccccc21)Nc1ccc(Br)c(Cl)c1. The van der Waals surface area contributed by atoms with Crippen LogP contribution in [0.3, 0.4) is 0 Å². The Bertz CT molecular complexity index is 1350. The number of amides is 3. The molecule has 0 saturated carbocycles. The molecule has 4 aliphatic rings. The minimum Gasteiger partial charge on any atom is -0.326 e. The predicted octanol–water partition coefficient (Wildman–Crippen LogP) is 6.02. The molecule has 0 spiro atoms. The summed E-state index contributed by atoms with van der Waals surface area (Å²) in [6.45, 7) is -0.0760. The van der Waals surface area contributed by atoms with E-state index in [1.807, 2.05) is 48.5 Å². The first-order chi connectivity index (χ1) is 17.2. The first-order valence-corrected chi connectivity index (χ1v) is 13.3. The number of rotatable bonds is 4. The molecule has 3 amide bonds. The van der Waals surface area contributed by atoms with Crippen LogP contribution in [-0.4, -0.2) is 29.2 Å². The number of nitrogens with one attached hydrogen (secondary N) is 1. The molecule has 3 aromatic rings. The molecular weight excluding hydrogens is 587 g/mol. The van der Waals surface area contributed by atoms with Crippen LogP contribution in [0.5, 0.6) is 0 Å². The molecule has 7 rings (SSSR count). The number of likely N-dealkylation sites (tertiary alicyclic amines) is 1. The number of halogens is 4. The molecule has 0 aromatic heterocycles. The third-order valence-electron chi connectivity index (χ3n) is 7.44. The van der Waals surface area contributed by atoms with Crippen molar-refractivity contribution in [2.45, 2.75) is 16.2 Å². The molecule has 3 aromatic carbocycles. The first kappa shape index (κ1) is 24.0. The third-order valence-corrected chi connectivity index (χ3v) is 9.96. The lowest BCUT2D eigenvalue weighted by Gasteiger charge is -2.54. The van der Waals surface area contributed by atoms with E-state index in [0.717, 1.165) is 27.2 Å². The van der Waals surface area contributed by atoms with Crippen LogP contribution in [0.25, 0.3) is 0 Å². The monoisotopic (exact) mass is 602 g/mol. The highest BCUT2D eigenvalue weighted by Crippen LogP contribution is 2.69. The summed E-state index contributed by atoms with van der Waals surface area (Å²) in [5.74, 6) is -2.91. The van der Waals surface area contributed by atoms with Gasteiger partial charge < -0.3 is 5.32 Å². The van der Waals surface area contributed by atoms with Crippen LogP contribution in [-0.2, 0) is 24.1 Å². The average molecular weight is 605 g/mol. The Morgan fingerprint density at radius 3 is 1.78 bits per heavy atom. The Kier molecular flexibility index (Phi) is 5.54. The van der Waals surface area contributed by atoms with Crippen molar-refractivity contribution in [1.82, 2.24) is 4.90 Å². The van der Waals surface area contributed by atoms with E-state index in [0.29, 0.717) is 15.2 Å². The van der Waals surface area contributed by atoms with Crippen molar-refractivity contribution in [3.8, 4) is 0 Å². The summed E-state index contributed by atoms with van der Waals surface area (Å²) in [6.07, 6.45) is -0.0743. The van der Waals surface area contributed by atoms with Crippen molar-refractivity contribution in [3.63, 3.8) is 0 Å². The molecule has 0 radical (unpaired) electrons. The van der Waals surface area contributed by atoms with E-state index < -0.39 is 33.4 Å². The summed E-state index contributed by atoms with van der Waals surface area (Å²) >= 11 is 24.2. The van der Waals surface area contributed by atoms with Crippen LogP contribution in [0.15, 0.2) is 71.2 Å². The summed E-state index contributed by atoms with van der Waals surface area (Å²) in [5, 5.41) is 3.21. The maximum atomic E-state index is 13.8. The van der Waals surface area contributed by atoms with Gasteiger partial charge in [-0.1, -0.05) is 60.1 Å². The van der Waals surface area contributed by atoms with Gasteiger partial charge in [-0.2, -0.15) is 0 Å². The van der Waals surface area contributed by atoms with Gasteiger partial charge >= 0.3 is 0 Å². The number of benzene rings is 3. The van der Waals surface area contributed by atoms with Gasteiger partial charge in [0.2, 0.25) is 17.7 Å². The molecule has 36 heavy (non-hydrogen) atoms. The highest BCUT2D eigenvalue weighted by Gasteiger charge is 2.72. The van der Waals surface area contributed by atoms with E-state index >= 15 is 0 Å². The molecule has 1 N–H and O–H groups in total. The lowest BCUT2D eigenvalue weighted by Crippen LogP contribution is -2.57. The van der Waals surface area contributed by atoms with Gasteiger partial charge in [-0.15, -0.1) is 23.2 Å². The Hall–Kier alpha value is -2.38. The average Bonchev–Trinajstić information content (AvgIpc) is 3.14. The van der Waals surface area contributed by atoms with Gasteiger partial charge in [-0.3, -0.25) is 19.3 Å². The highest BCUT2D eigenvalue weighted by atomic mass is 79.9. The summed E-state index contributed by atoms with van der Waals surface area (Å²) in [6, 6.07) is 20.0. The maximum absolute atomic E-state index is 13.8. The van der Waals surface area contributed by atoms with E-state index in [-0.39, 0.29) is 18.9 Å². The minimum absolute atomic E-state index is 0.0743. The van der Waals surface area contributed by atoms with Crippen molar-refractivity contribution in [2.75, 3.05) is 11.9 Å². The van der Waals surface area contributed by atoms with Crippen molar-refractivity contribution in [1.29, 1.82) is 0 Å². The smallest absolute Gasteiger partial charge is 0.235 e. The van der Waals surface area contributed by atoms with E-state index in [4.69, 9.17) is 34.8 Å². The number of hydrogen-bond donors (Lipinski definition) is 1. The van der Waals surface area contributed by atoms with Crippen LogP contribution < -0.4 is 5.32 Å². The number of carbonyl (C=O) groups is 3. The van der Waals surface area contributed by atoms with Crippen LogP contribution in [0, 0.1) is 11.8 Å². The standard InChI is InChI=1S/C27H18BrCl3N2O3/c28-19-10-9-14(13-20(19)29)32-21(34)11-12-33-24(35)22-23(25(33)36)27(31)16-6-2-1-5-15(16)26(22,30)17-7-3-4-8-18(17)27/h1-10,13,22-23H,11-12H2,(H,32,34)/t22-,23-,26?,27?/m0/s1. The molecule has 182 valence electrons. The molecule has 3 aliphatic carbocycles. The Morgan fingerprint density at radius 1 is 0.861 bits per heavy atom. The topological polar surface area (TPSA) is 66.5 Å². The Balaban J connectivity index is 1.33. The second-order valence-electron chi connectivity index (χ2n) is 9.23. The lowest BCUT2D eigenvalue weighted by atomic mass is 9.54. The molecule has 5 nitrogen and oxygen atoms in total. The van der Waals surface area contributed by atoms with Gasteiger partial charge in [-0.05, 0) is 56.4 Å². The summed E-state index contributed by atoms with van der Waals surface area (Å²) in [4.78, 5) is 38.9. The normalized spacial score (nSPS) is 27.5. The predicted molar refractivity (Wildman–Crippen MR) is 142 cm³/mol. The zero-order valence-electron chi connectivity index (χ0n) is 18.6. The van der Waals surface area contributed by atoms with Crippen molar-refractivity contribution in [3.05, 3.63) is 98.5 Å². The van der Waals surface area contributed by atoms with E-state index in [2.05, 4.69) is 21.2 Å². The van der Waals surface area contributed by atoms with Gasteiger partial charge in [0.15, 0.2) is 0 Å². The zero-order valence-corrected chi connectivity index (χ0v) is 22.5. The maximum Gasteiger partial charge on any atom is 0.235 e. The number of nitrogens with zero attached hydrogens (tertiary/aromatic N) is 1. The first-order valence-electron chi connectivity index (χ1n) is 11.4. The van der Waals surface area contributed by atoms with Gasteiger partial charge in [-0.25, -0.2) is 0 Å². The Morgan fingerprint density at radius 2 is 1.33 bits per heavy atom. The number of carbonyl (C=O) groups excluding carboxylic acids is 3. The summed E-state index contributed by atoms with van der Waals surface area (Å²) in [7, 11) is 0. The van der Waals surface area contributed by atoms with Crippen molar-refractivity contribution >= 4 is 74.1 Å². The molecule has 1 fully saturated rings. The fraction of sp³-hybridized carbons (Fsp3) is 0.222. The second-order valence-corrected chi connectivity index (χ2v) is 11.7. The molecule has 2 bridgehead atoms. The molecule has 1 aliphatic heterocycles. The lowest BCUT2D eigenvalue weighted by molar-refractivity contribution is -0.140. The zero-order chi connectivity index (χ0) is 25.4. The van der Waals surface area contributed by atoms with E-state index in [1.54, 1.807) is 18.2 Å². The van der Waals surface area contributed by atoms with Crippen LogP contribution >= 0.6 is 50.7 Å². The molecule has 2 atom stereocenters. The van der Waals surface area contributed by atoms with Gasteiger partial charge in [0.05, 0.1) is 16.9 Å². The van der Waals surface area contributed by atoms with E-state index in [9.17, 15) is 14.4 Å². The van der Waals surface area contributed by atoms with Crippen LogP contribution in [0.1, 0.15) is 28.7 Å². The number of anilines is 1. The van der Waals surface area contributed by atoms with Crippen molar-refractivity contribution < 1.29 is 14.4 Å².